The second-order valence-corrected chi connectivity index (χ2v) is 9.34. The summed E-state index contributed by atoms with van der Waals surface area (Å²) in [7, 11) is 3.00. The van der Waals surface area contributed by atoms with Crippen molar-refractivity contribution in [3.8, 4) is 11.5 Å². The molecule has 0 radical (unpaired) electrons. The fourth-order valence-electron chi connectivity index (χ4n) is 3.81. The second kappa shape index (κ2) is 10.6. The summed E-state index contributed by atoms with van der Waals surface area (Å²) in [5.74, 6) is 0.0406. The van der Waals surface area contributed by atoms with Gasteiger partial charge in [0.15, 0.2) is 11.5 Å². The summed E-state index contributed by atoms with van der Waals surface area (Å²) in [6.07, 6.45) is 3.01. The Kier molecular flexibility index (Phi) is 7.81. The van der Waals surface area contributed by atoms with E-state index in [2.05, 4.69) is 10.6 Å². The first-order chi connectivity index (χ1) is 16.1. The van der Waals surface area contributed by atoms with Crippen molar-refractivity contribution >= 4 is 23.4 Å². The number of nitrogens with zero attached hydrogens (tertiary/aromatic N) is 1. The van der Waals surface area contributed by atoms with Gasteiger partial charge in [-0.1, -0.05) is 0 Å². The van der Waals surface area contributed by atoms with E-state index < -0.39 is 5.91 Å². The molecule has 8 heteroatoms. The lowest BCUT2D eigenvalue weighted by atomic mass is 10.1. The first-order valence-electron chi connectivity index (χ1n) is 11.4. The number of amides is 3. The van der Waals surface area contributed by atoms with Crippen LogP contribution in [-0.4, -0.2) is 55.5 Å². The van der Waals surface area contributed by atoms with Gasteiger partial charge in [-0.05, 0) is 70.4 Å². The van der Waals surface area contributed by atoms with Crippen molar-refractivity contribution in [3.63, 3.8) is 0 Å². The maximum absolute atomic E-state index is 13.3. The summed E-state index contributed by atoms with van der Waals surface area (Å²) in [4.78, 5) is 40.4. The van der Waals surface area contributed by atoms with Gasteiger partial charge in [0.25, 0.3) is 17.7 Å². The SMILES string of the molecule is COc1cc(NC(=O)c2ccc(C(=O)NC(C)(C)C)cc2)c(C(=O)N2CCCCC2)cc1OC. The molecule has 1 aliphatic rings. The molecule has 1 fully saturated rings. The minimum atomic E-state index is -0.400. The molecule has 34 heavy (non-hydrogen) atoms. The Morgan fingerprint density at radius 1 is 0.824 bits per heavy atom. The zero-order chi connectivity index (χ0) is 24.9. The largest absolute Gasteiger partial charge is 0.493 e. The molecule has 0 aliphatic carbocycles. The minimum Gasteiger partial charge on any atom is -0.493 e. The first-order valence-corrected chi connectivity index (χ1v) is 11.4. The molecule has 0 atom stereocenters. The fraction of sp³-hybridized carbons (Fsp3) is 0.423. The van der Waals surface area contributed by atoms with Crippen LogP contribution in [0.15, 0.2) is 36.4 Å². The van der Waals surface area contributed by atoms with Gasteiger partial charge in [-0.3, -0.25) is 14.4 Å². The van der Waals surface area contributed by atoms with Crippen LogP contribution < -0.4 is 20.1 Å². The Morgan fingerprint density at radius 3 is 1.88 bits per heavy atom. The van der Waals surface area contributed by atoms with Crippen molar-refractivity contribution in [3.05, 3.63) is 53.1 Å². The first kappa shape index (κ1) is 25.1. The molecule has 3 amide bonds. The highest BCUT2D eigenvalue weighted by molar-refractivity contribution is 6.10. The average molecular weight is 468 g/mol. The number of rotatable bonds is 6. The van der Waals surface area contributed by atoms with Gasteiger partial charge in [0, 0.05) is 35.8 Å². The van der Waals surface area contributed by atoms with Crippen LogP contribution in [0.4, 0.5) is 5.69 Å². The van der Waals surface area contributed by atoms with Crippen LogP contribution in [0.1, 0.15) is 71.1 Å². The number of nitrogens with one attached hydrogen (secondary N) is 2. The number of carbonyl (C=O) groups is 3. The summed E-state index contributed by atoms with van der Waals surface area (Å²) >= 11 is 0. The Morgan fingerprint density at radius 2 is 1.35 bits per heavy atom. The Labute approximate surface area is 200 Å². The Hall–Kier alpha value is -3.55. The van der Waals surface area contributed by atoms with Crippen molar-refractivity contribution in [2.24, 2.45) is 0 Å². The zero-order valence-corrected chi connectivity index (χ0v) is 20.5. The number of ether oxygens (including phenoxy) is 2. The number of likely N-dealkylation sites (tertiary alicyclic amines) is 1. The van der Waals surface area contributed by atoms with Crippen LogP contribution in [0.3, 0.4) is 0 Å². The van der Waals surface area contributed by atoms with Gasteiger partial charge in [0.2, 0.25) is 0 Å². The van der Waals surface area contributed by atoms with Crippen LogP contribution in [0.2, 0.25) is 0 Å². The van der Waals surface area contributed by atoms with Gasteiger partial charge in [-0.2, -0.15) is 0 Å². The number of piperidine rings is 1. The molecule has 0 aromatic heterocycles. The molecule has 2 aromatic carbocycles. The number of hydrogen-bond donors (Lipinski definition) is 2. The van der Waals surface area contributed by atoms with Gasteiger partial charge < -0.3 is 25.0 Å². The molecule has 1 aliphatic heterocycles. The molecule has 1 heterocycles. The van der Waals surface area contributed by atoms with Crippen LogP contribution >= 0.6 is 0 Å². The van der Waals surface area contributed by atoms with E-state index in [0.29, 0.717) is 47.0 Å². The highest BCUT2D eigenvalue weighted by Crippen LogP contribution is 2.34. The molecule has 0 unspecified atom stereocenters. The fourth-order valence-corrected chi connectivity index (χ4v) is 3.81. The van der Waals surface area contributed by atoms with Crippen molar-refractivity contribution in [1.29, 1.82) is 0 Å². The molecule has 0 saturated carbocycles. The number of methoxy groups -OCH3 is 2. The van der Waals surface area contributed by atoms with E-state index >= 15 is 0 Å². The van der Waals surface area contributed by atoms with Crippen LogP contribution in [0.25, 0.3) is 0 Å². The molecule has 2 N–H and O–H groups in total. The van der Waals surface area contributed by atoms with E-state index in [1.807, 2.05) is 20.8 Å². The molecule has 1 saturated heterocycles. The Balaban J connectivity index is 1.86. The summed E-state index contributed by atoms with van der Waals surface area (Å²) < 4.78 is 10.8. The molecular formula is C26H33N3O5. The number of anilines is 1. The molecule has 3 rings (SSSR count). The van der Waals surface area contributed by atoms with Crippen molar-refractivity contribution in [1.82, 2.24) is 10.2 Å². The van der Waals surface area contributed by atoms with Gasteiger partial charge in [0.1, 0.15) is 0 Å². The predicted octanol–water partition coefficient (Wildman–Crippen LogP) is 4.11. The van der Waals surface area contributed by atoms with Gasteiger partial charge in [-0.25, -0.2) is 0 Å². The van der Waals surface area contributed by atoms with E-state index in [9.17, 15) is 14.4 Å². The number of carbonyl (C=O) groups excluding carboxylic acids is 3. The maximum Gasteiger partial charge on any atom is 0.256 e. The predicted molar refractivity (Wildman–Crippen MR) is 131 cm³/mol. The molecule has 8 nitrogen and oxygen atoms in total. The van der Waals surface area contributed by atoms with Crippen LogP contribution in [-0.2, 0) is 0 Å². The molecular weight excluding hydrogens is 434 g/mol. The lowest BCUT2D eigenvalue weighted by molar-refractivity contribution is 0.0724. The second-order valence-electron chi connectivity index (χ2n) is 9.34. The number of hydrogen-bond acceptors (Lipinski definition) is 5. The third kappa shape index (κ3) is 6.07. The molecule has 0 bridgehead atoms. The summed E-state index contributed by atoms with van der Waals surface area (Å²) in [5, 5.41) is 5.73. The summed E-state index contributed by atoms with van der Waals surface area (Å²) in [5.41, 5.74) is 1.14. The van der Waals surface area contributed by atoms with Crippen LogP contribution in [0, 0.1) is 0 Å². The van der Waals surface area contributed by atoms with Gasteiger partial charge in [0.05, 0.1) is 25.5 Å². The van der Waals surface area contributed by atoms with Crippen LogP contribution in [0.5, 0.6) is 11.5 Å². The third-order valence-corrected chi connectivity index (χ3v) is 5.54. The maximum atomic E-state index is 13.3. The van der Waals surface area contributed by atoms with E-state index in [1.165, 1.54) is 14.2 Å². The Bertz CT molecular complexity index is 1050. The van der Waals surface area contributed by atoms with Gasteiger partial charge in [-0.15, -0.1) is 0 Å². The zero-order valence-electron chi connectivity index (χ0n) is 20.5. The van der Waals surface area contributed by atoms with Crippen molar-refractivity contribution in [2.75, 3.05) is 32.6 Å². The topological polar surface area (TPSA) is 97.0 Å². The smallest absolute Gasteiger partial charge is 0.256 e. The average Bonchev–Trinajstić information content (AvgIpc) is 2.82. The minimum absolute atomic E-state index is 0.162. The lowest BCUT2D eigenvalue weighted by Gasteiger charge is -2.28. The van der Waals surface area contributed by atoms with E-state index in [4.69, 9.17) is 9.47 Å². The highest BCUT2D eigenvalue weighted by Gasteiger charge is 2.24. The normalized spacial score (nSPS) is 13.7. The van der Waals surface area contributed by atoms with Crippen molar-refractivity contribution < 1.29 is 23.9 Å². The molecule has 2 aromatic rings. The van der Waals surface area contributed by atoms with E-state index in [0.717, 1.165) is 19.3 Å². The van der Waals surface area contributed by atoms with E-state index in [-0.39, 0.29) is 17.4 Å². The monoisotopic (exact) mass is 467 g/mol. The highest BCUT2D eigenvalue weighted by atomic mass is 16.5. The standard InChI is InChI=1S/C26H33N3O5/c1-26(2,3)28-24(31)18-11-9-17(10-12-18)23(30)27-20-16-22(34-5)21(33-4)15-19(20)25(32)29-13-7-6-8-14-29/h9-12,15-16H,6-8,13-14H2,1-5H3,(H,27,30)(H,28,31). The summed E-state index contributed by atoms with van der Waals surface area (Å²) in [6, 6.07) is 9.57. The van der Waals surface area contributed by atoms with E-state index in [1.54, 1.807) is 41.3 Å². The number of benzene rings is 2. The quantitative estimate of drug-likeness (QED) is 0.666. The summed E-state index contributed by atoms with van der Waals surface area (Å²) in [6.45, 7) is 7.06. The lowest BCUT2D eigenvalue weighted by Crippen LogP contribution is -2.40. The third-order valence-electron chi connectivity index (χ3n) is 5.54. The van der Waals surface area contributed by atoms with Crippen molar-refractivity contribution in [2.45, 2.75) is 45.6 Å². The molecule has 0 spiro atoms. The molecule has 182 valence electrons. The van der Waals surface area contributed by atoms with Gasteiger partial charge >= 0.3 is 0 Å².